The summed E-state index contributed by atoms with van der Waals surface area (Å²) in [6.45, 7) is 4.00. The summed E-state index contributed by atoms with van der Waals surface area (Å²) in [6, 6.07) is 0. The number of hydrogen-bond acceptors (Lipinski definition) is 2. The van der Waals surface area contributed by atoms with Crippen LogP contribution in [0.5, 0.6) is 0 Å². The van der Waals surface area contributed by atoms with Gasteiger partial charge in [0.1, 0.15) is 0 Å². The van der Waals surface area contributed by atoms with Crippen molar-refractivity contribution >= 4 is 0 Å². The van der Waals surface area contributed by atoms with Crippen LogP contribution in [0, 0.1) is 6.42 Å². The van der Waals surface area contributed by atoms with Crippen LogP contribution in [0.25, 0.3) is 0 Å². The van der Waals surface area contributed by atoms with Crippen molar-refractivity contribution in [1.29, 1.82) is 0 Å². The van der Waals surface area contributed by atoms with Crippen molar-refractivity contribution < 1.29 is 47.5 Å². The van der Waals surface area contributed by atoms with Gasteiger partial charge in [-0.3, -0.25) is 0 Å². The summed E-state index contributed by atoms with van der Waals surface area (Å²) in [5.41, 5.74) is 0. The van der Waals surface area contributed by atoms with Crippen molar-refractivity contribution in [2.45, 2.75) is 13.8 Å². The van der Waals surface area contributed by atoms with E-state index >= 15 is 0 Å². The van der Waals surface area contributed by atoms with Gasteiger partial charge in [0.2, 0.25) is 0 Å². The Kier molecular flexibility index (Phi) is 62.4. The molecule has 0 aromatic carbocycles. The first-order valence-electron chi connectivity index (χ1n) is 1.56. The van der Waals surface area contributed by atoms with E-state index in [4.69, 9.17) is 6.65 Å². The fourth-order valence-corrected chi connectivity index (χ4v) is 0. The Morgan fingerprint density at radius 3 is 1.29 bits per heavy atom. The van der Waals surface area contributed by atoms with Gasteiger partial charge in [0.15, 0.2) is 0 Å². The summed E-state index contributed by atoms with van der Waals surface area (Å²) < 4.78 is 17.0. The smallest absolute Gasteiger partial charge is 0 e. The van der Waals surface area contributed by atoms with Crippen molar-refractivity contribution in [2.75, 3.05) is 0 Å². The van der Waals surface area contributed by atoms with Gasteiger partial charge < -0.3 is 6.42 Å². The molecule has 0 atom stereocenters. The zero-order chi connectivity index (χ0) is 5.41. The van der Waals surface area contributed by atoms with Crippen LogP contribution in [0.3, 0.4) is 0 Å². The predicted molar refractivity (Wildman–Crippen MR) is 17.0 cm³/mol. The topological polar surface area (TPSA) is 34.1 Å². The van der Waals surface area contributed by atoms with E-state index in [0.29, 0.717) is 0 Å². The van der Waals surface area contributed by atoms with Crippen LogP contribution in [0.1, 0.15) is 13.8 Å². The summed E-state index contributed by atoms with van der Waals surface area (Å²) in [6.07, 6.45) is 2.00. The molecule has 0 heterocycles. The fourth-order valence-electron chi connectivity index (χ4n) is 0. The minimum Gasteiger partial charge on any atom is 0 e. The zero-order valence-corrected chi connectivity index (χ0v) is 7.52. The van der Waals surface area contributed by atoms with E-state index in [2.05, 4.69) is 0 Å². The van der Waals surface area contributed by atoms with Gasteiger partial charge in [-0.05, 0) is 0 Å². The SMILES string of the molecule is C[CH-]C.[O]=[Ti]=[O].[Ti]. The molecule has 0 saturated heterocycles. The molecule has 0 N–H and O–H groups in total. The Morgan fingerprint density at radius 1 is 1.29 bits per heavy atom. The van der Waals surface area contributed by atoms with Crippen molar-refractivity contribution in [3.63, 3.8) is 0 Å². The summed E-state index contributed by atoms with van der Waals surface area (Å²) in [5.74, 6) is 0. The minimum absolute atomic E-state index is 0. The van der Waals surface area contributed by atoms with E-state index in [1.807, 2.05) is 20.3 Å². The van der Waals surface area contributed by atoms with Gasteiger partial charge in [-0.1, -0.05) is 0 Å². The van der Waals surface area contributed by atoms with Crippen LogP contribution in [-0.4, -0.2) is 0 Å². The van der Waals surface area contributed by atoms with Gasteiger partial charge in [0.25, 0.3) is 0 Å². The maximum Gasteiger partial charge on any atom is 0 e. The molecule has 0 amide bonds. The number of rotatable bonds is 0. The fraction of sp³-hybridized carbons (Fsp3) is 0.667. The maximum atomic E-state index is 8.50. The second-order valence-electron chi connectivity index (χ2n) is 0.661. The number of hydrogen-bond donors (Lipinski definition) is 0. The van der Waals surface area contributed by atoms with Crippen molar-refractivity contribution in [1.82, 2.24) is 0 Å². The molecular formula is C3H7O2Ti2-. The molecule has 4 heteroatoms. The summed E-state index contributed by atoms with van der Waals surface area (Å²) in [7, 11) is 0. The van der Waals surface area contributed by atoms with Crippen LogP contribution in [0.15, 0.2) is 0 Å². The molecule has 0 fully saturated rings. The van der Waals surface area contributed by atoms with Gasteiger partial charge >= 0.3 is 25.7 Å². The monoisotopic (exact) mass is 171 g/mol. The molecule has 0 unspecified atom stereocenters. The van der Waals surface area contributed by atoms with Gasteiger partial charge in [0.05, 0.1) is 0 Å². The molecule has 0 aliphatic heterocycles. The zero-order valence-electron chi connectivity index (χ0n) is 4.39. The van der Waals surface area contributed by atoms with Gasteiger partial charge in [-0.15, -0.1) is 0 Å². The summed E-state index contributed by atoms with van der Waals surface area (Å²) in [4.78, 5) is 0. The second kappa shape index (κ2) is 27.8. The van der Waals surface area contributed by atoms with Gasteiger partial charge in [-0.25, -0.2) is 0 Å². The molecule has 0 aromatic rings. The van der Waals surface area contributed by atoms with E-state index in [1.165, 1.54) is 0 Å². The second-order valence-corrected chi connectivity index (χ2v) is 0.921. The molecule has 2 nitrogen and oxygen atoms in total. The Labute approximate surface area is 67.5 Å². The normalized spacial score (nSPS) is 3.71. The van der Waals surface area contributed by atoms with Gasteiger partial charge in [0, 0.05) is 21.7 Å². The molecule has 0 radical (unpaired) electrons. The van der Waals surface area contributed by atoms with E-state index in [-0.39, 0.29) is 21.7 Å². The average Bonchev–Trinajstić information content (AvgIpc) is 1.39. The third-order valence-corrected chi connectivity index (χ3v) is 0. The molecule has 0 saturated carbocycles. The molecule has 0 spiro atoms. The Bertz CT molecular complexity index is 40.2. The van der Waals surface area contributed by atoms with E-state index in [9.17, 15) is 0 Å². The molecule has 7 heavy (non-hydrogen) atoms. The summed E-state index contributed by atoms with van der Waals surface area (Å²) >= 11 is -2.00. The molecule has 0 rings (SSSR count). The van der Waals surface area contributed by atoms with Crippen molar-refractivity contribution in [2.24, 2.45) is 0 Å². The van der Waals surface area contributed by atoms with Crippen LogP contribution in [-0.2, 0) is 47.5 Å². The standard InChI is InChI=1S/C3H7.2O.2Ti/c1-3-2;;;;/h3H,1-2H3;;;;/q-1;;;;. The minimum atomic E-state index is -2.00. The first-order valence-corrected chi connectivity index (χ1v) is 2.84. The maximum absolute atomic E-state index is 8.50. The van der Waals surface area contributed by atoms with E-state index < -0.39 is 19.1 Å². The molecule has 0 aliphatic rings. The van der Waals surface area contributed by atoms with Crippen LogP contribution in [0.4, 0.5) is 0 Å². The van der Waals surface area contributed by atoms with Crippen molar-refractivity contribution in [3.05, 3.63) is 6.42 Å². The molecule has 0 aromatic heterocycles. The first kappa shape index (κ1) is 15.7. The van der Waals surface area contributed by atoms with Crippen molar-refractivity contribution in [3.8, 4) is 0 Å². The molecule has 0 bridgehead atoms. The quantitative estimate of drug-likeness (QED) is 0.402. The third-order valence-electron chi connectivity index (χ3n) is 0. The first-order chi connectivity index (χ1) is 2.83. The average molecular weight is 171 g/mol. The molecular weight excluding hydrogens is 164 g/mol. The molecule has 40 valence electrons. The van der Waals surface area contributed by atoms with E-state index in [0.717, 1.165) is 0 Å². The van der Waals surface area contributed by atoms with Crippen LogP contribution in [0.2, 0.25) is 0 Å². The largest absolute Gasteiger partial charge is 0 e. The van der Waals surface area contributed by atoms with Gasteiger partial charge in [-0.2, -0.15) is 13.8 Å². The van der Waals surface area contributed by atoms with Crippen LogP contribution < -0.4 is 0 Å². The Balaban J connectivity index is -0.0000000400. The third kappa shape index (κ3) is 168. The summed E-state index contributed by atoms with van der Waals surface area (Å²) in [5, 5.41) is 0. The predicted octanol–water partition coefficient (Wildman–Crippen LogP) is 0.988. The Morgan fingerprint density at radius 2 is 1.29 bits per heavy atom. The Hall–Kier alpha value is 1.03. The molecule has 0 aliphatic carbocycles. The van der Waals surface area contributed by atoms with E-state index in [1.54, 1.807) is 0 Å². The van der Waals surface area contributed by atoms with Crippen LogP contribution >= 0.6 is 0 Å².